The molecule has 0 spiro atoms. The SMILES string of the molecule is C=C(C)C(N)c1cc(Br)ccc1C. The Hall–Kier alpha value is -0.600. The summed E-state index contributed by atoms with van der Waals surface area (Å²) in [6.45, 7) is 7.87. The van der Waals surface area contributed by atoms with Crippen molar-refractivity contribution in [2.24, 2.45) is 5.73 Å². The first-order valence-electron chi connectivity index (χ1n) is 4.19. The summed E-state index contributed by atoms with van der Waals surface area (Å²) in [5.74, 6) is 0. The van der Waals surface area contributed by atoms with Gasteiger partial charge in [-0.05, 0) is 37.1 Å². The summed E-state index contributed by atoms with van der Waals surface area (Å²) in [7, 11) is 0. The Balaban J connectivity index is 3.12. The highest BCUT2D eigenvalue weighted by Crippen LogP contribution is 2.24. The molecular formula is C11H14BrN. The van der Waals surface area contributed by atoms with Crippen LogP contribution in [0.25, 0.3) is 0 Å². The van der Waals surface area contributed by atoms with E-state index in [1.165, 1.54) is 5.56 Å². The van der Waals surface area contributed by atoms with E-state index < -0.39 is 0 Å². The topological polar surface area (TPSA) is 26.0 Å². The second-order valence-corrected chi connectivity index (χ2v) is 4.24. The van der Waals surface area contributed by atoms with E-state index in [0.29, 0.717) is 0 Å². The van der Waals surface area contributed by atoms with Crippen molar-refractivity contribution in [2.45, 2.75) is 19.9 Å². The van der Waals surface area contributed by atoms with Gasteiger partial charge in [0.15, 0.2) is 0 Å². The Morgan fingerprint density at radius 1 is 1.54 bits per heavy atom. The van der Waals surface area contributed by atoms with Crippen LogP contribution in [0.5, 0.6) is 0 Å². The third-order valence-corrected chi connectivity index (χ3v) is 2.60. The van der Waals surface area contributed by atoms with E-state index in [9.17, 15) is 0 Å². The van der Waals surface area contributed by atoms with E-state index in [-0.39, 0.29) is 6.04 Å². The average molecular weight is 240 g/mol. The third kappa shape index (κ3) is 2.42. The summed E-state index contributed by atoms with van der Waals surface area (Å²) in [6, 6.07) is 6.07. The summed E-state index contributed by atoms with van der Waals surface area (Å²) >= 11 is 3.43. The van der Waals surface area contributed by atoms with Gasteiger partial charge in [-0.1, -0.05) is 34.1 Å². The minimum atomic E-state index is -0.0579. The molecule has 0 saturated heterocycles. The molecule has 2 heteroatoms. The summed E-state index contributed by atoms with van der Waals surface area (Å²) in [6.07, 6.45) is 0. The second kappa shape index (κ2) is 4.07. The first-order valence-corrected chi connectivity index (χ1v) is 4.98. The Bertz CT molecular complexity index is 331. The van der Waals surface area contributed by atoms with Crippen LogP contribution in [0.1, 0.15) is 24.1 Å². The van der Waals surface area contributed by atoms with Crippen LogP contribution in [0, 0.1) is 6.92 Å². The van der Waals surface area contributed by atoms with Crippen molar-refractivity contribution >= 4 is 15.9 Å². The molecular weight excluding hydrogens is 226 g/mol. The van der Waals surface area contributed by atoms with Gasteiger partial charge in [-0.25, -0.2) is 0 Å². The smallest absolute Gasteiger partial charge is 0.0508 e. The molecule has 0 heterocycles. The predicted octanol–water partition coefficient (Wildman–Crippen LogP) is 3.33. The predicted molar refractivity (Wildman–Crippen MR) is 60.6 cm³/mol. The summed E-state index contributed by atoms with van der Waals surface area (Å²) in [5.41, 5.74) is 9.32. The van der Waals surface area contributed by atoms with Crippen molar-refractivity contribution in [2.75, 3.05) is 0 Å². The lowest BCUT2D eigenvalue weighted by Crippen LogP contribution is -2.12. The average Bonchev–Trinajstić information content (AvgIpc) is 2.08. The number of aryl methyl sites for hydroxylation is 1. The largest absolute Gasteiger partial charge is 0.321 e. The van der Waals surface area contributed by atoms with Gasteiger partial charge in [0.2, 0.25) is 0 Å². The Morgan fingerprint density at radius 3 is 2.69 bits per heavy atom. The molecule has 2 N–H and O–H groups in total. The number of benzene rings is 1. The fourth-order valence-corrected chi connectivity index (χ4v) is 1.59. The molecule has 0 aliphatic carbocycles. The summed E-state index contributed by atoms with van der Waals surface area (Å²) in [4.78, 5) is 0. The van der Waals surface area contributed by atoms with Crippen LogP contribution in [-0.4, -0.2) is 0 Å². The van der Waals surface area contributed by atoms with Crippen molar-refractivity contribution in [3.8, 4) is 0 Å². The zero-order valence-corrected chi connectivity index (χ0v) is 9.56. The molecule has 1 atom stereocenters. The lowest BCUT2D eigenvalue weighted by molar-refractivity contribution is 0.841. The van der Waals surface area contributed by atoms with Gasteiger partial charge in [0.05, 0.1) is 6.04 Å². The monoisotopic (exact) mass is 239 g/mol. The van der Waals surface area contributed by atoms with E-state index >= 15 is 0 Å². The number of hydrogen-bond donors (Lipinski definition) is 1. The highest BCUT2D eigenvalue weighted by Gasteiger charge is 2.09. The van der Waals surface area contributed by atoms with E-state index in [4.69, 9.17) is 5.73 Å². The fraction of sp³-hybridized carbons (Fsp3) is 0.273. The van der Waals surface area contributed by atoms with Gasteiger partial charge >= 0.3 is 0 Å². The van der Waals surface area contributed by atoms with Crippen LogP contribution in [-0.2, 0) is 0 Å². The maximum Gasteiger partial charge on any atom is 0.0508 e. The molecule has 1 unspecified atom stereocenters. The minimum absolute atomic E-state index is 0.0579. The van der Waals surface area contributed by atoms with Crippen LogP contribution in [0.3, 0.4) is 0 Å². The van der Waals surface area contributed by atoms with Gasteiger partial charge in [0.1, 0.15) is 0 Å². The maximum atomic E-state index is 5.99. The van der Waals surface area contributed by atoms with Crippen molar-refractivity contribution in [1.82, 2.24) is 0 Å². The molecule has 0 radical (unpaired) electrons. The number of halogens is 1. The molecule has 1 nitrogen and oxygen atoms in total. The van der Waals surface area contributed by atoms with Crippen molar-refractivity contribution in [3.05, 3.63) is 46.0 Å². The van der Waals surface area contributed by atoms with Crippen LogP contribution < -0.4 is 5.73 Å². The van der Waals surface area contributed by atoms with Crippen molar-refractivity contribution in [1.29, 1.82) is 0 Å². The highest BCUT2D eigenvalue weighted by molar-refractivity contribution is 9.10. The first kappa shape index (κ1) is 10.5. The van der Waals surface area contributed by atoms with Crippen molar-refractivity contribution in [3.63, 3.8) is 0 Å². The van der Waals surface area contributed by atoms with Crippen LogP contribution >= 0.6 is 15.9 Å². The highest BCUT2D eigenvalue weighted by atomic mass is 79.9. The van der Waals surface area contributed by atoms with Crippen LogP contribution in [0.2, 0.25) is 0 Å². The first-order chi connectivity index (χ1) is 6.02. The molecule has 0 bridgehead atoms. The standard InChI is InChI=1S/C11H14BrN/c1-7(2)11(13)10-6-9(12)5-4-8(10)3/h4-6,11H,1,13H2,2-3H3. The van der Waals surface area contributed by atoms with Gasteiger partial charge in [-0.3, -0.25) is 0 Å². The van der Waals surface area contributed by atoms with E-state index in [1.54, 1.807) is 0 Å². The number of nitrogens with two attached hydrogens (primary N) is 1. The van der Waals surface area contributed by atoms with Gasteiger partial charge < -0.3 is 5.73 Å². The minimum Gasteiger partial charge on any atom is -0.321 e. The molecule has 1 aromatic rings. The number of rotatable bonds is 2. The molecule has 0 amide bonds. The summed E-state index contributed by atoms with van der Waals surface area (Å²) < 4.78 is 1.06. The molecule has 70 valence electrons. The Morgan fingerprint density at radius 2 is 2.15 bits per heavy atom. The molecule has 0 aromatic heterocycles. The fourth-order valence-electron chi connectivity index (χ4n) is 1.21. The molecule has 0 aliphatic heterocycles. The van der Waals surface area contributed by atoms with Crippen LogP contribution in [0.4, 0.5) is 0 Å². The van der Waals surface area contributed by atoms with E-state index in [0.717, 1.165) is 15.6 Å². The lowest BCUT2D eigenvalue weighted by Gasteiger charge is -2.14. The van der Waals surface area contributed by atoms with Gasteiger partial charge in [0, 0.05) is 4.47 Å². The third-order valence-electron chi connectivity index (χ3n) is 2.11. The van der Waals surface area contributed by atoms with E-state index in [2.05, 4.69) is 41.6 Å². The molecule has 0 fully saturated rings. The normalized spacial score (nSPS) is 12.6. The Labute approximate surface area is 87.8 Å². The second-order valence-electron chi connectivity index (χ2n) is 3.32. The summed E-state index contributed by atoms with van der Waals surface area (Å²) in [5, 5.41) is 0. The molecule has 1 rings (SSSR count). The van der Waals surface area contributed by atoms with E-state index in [1.807, 2.05) is 13.0 Å². The number of hydrogen-bond acceptors (Lipinski definition) is 1. The maximum absolute atomic E-state index is 5.99. The van der Waals surface area contributed by atoms with Gasteiger partial charge in [-0.2, -0.15) is 0 Å². The zero-order valence-electron chi connectivity index (χ0n) is 7.97. The van der Waals surface area contributed by atoms with Crippen molar-refractivity contribution < 1.29 is 0 Å². The zero-order chi connectivity index (χ0) is 10.0. The van der Waals surface area contributed by atoms with Gasteiger partial charge in [-0.15, -0.1) is 0 Å². The van der Waals surface area contributed by atoms with Gasteiger partial charge in [0.25, 0.3) is 0 Å². The van der Waals surface area contributed by atoms with Crippen LogP contribution in [0.15, 0.2) is 34.8 Å². The molecule has 1 aromatic carbocycles. The Kier molecular flexibility index (Phi) is 3.28. The molecule has 13 heavy (non-hydrogen) atoms. The molecule has 0 saturated carbocycles. The molecule has 0 aliphatic rings. The lowest BCUT2D eigenvalue weighted by atomic mass is 9.98. The quantitative estimate of drug-likeness (QED) is 0.788.